The number of carbonyl (C=O) groups is 1. The van der Waals surface area contributed by atoms with Gasteiger partial charge in [-0.15, -0.1) is 0 Å². The predicted octanol–water partition coefficient (Wildman–Crippen LogP) is 3.04. The number of rotatable bonds is 2. The molecule has 0 fully saturated rings. The first-order valence-electron chi connectivity index (χ1n) is 7.49. The van der Waals surface area contributed by atoms with Crippen molar-refractivity contribution in [3.05, 3.63) is 58.7 Å². The standard InChI is InChI=1S/C18H20N2O2/c1-12-4-3-5-13(2)17(12)18(21)20-15-6-7-16-14(10-15)11-19-8-9-22-16/h3-7,10,19H,8-9,11H2,1-2H3,(H,20,21). The minimum atomic E-state index is -0.0713. The zero-order valence-corrected chi connectivity index (χ0v) is 12.9. The summed E-state index contributed by atoms with van der Waals surface area (Å²) in [5.41, 5.74) is 4.57. The van der Waals surface area contributed by atoms with E-state index < -0.39 is 0 Å². The van der Waals surface area contributed by atoms with Crippen molar-refractivity contribution in [3.8, 4) is 5.75 Å². The summed E-state index contributed by atoms with van der Waals surface area (Å²) in [5.74, 6) is 0.813. The Hall–Kier alpha value is -2.33. The Morgan fingerprint density at radius 2 is 1.95 bits per heavy atom. The molecule has 0 atom stereocenters. The highest BCUT2D eigenvalue weighted by Crippen LogP contribution is 2.25. The summed E-state index contributed by atoms with van der Waals surface area (Å²) in [6.07, 6.45) is 0. The van der Waals surface area contributed by atoms with E-state index in [-0.39, 0.29) is 5.91 Å². The van der Waals surface area contributed by atoms with Gasteiger partial charge in [0.05, 0.1) is 0 Å². The quantitative estimate of drug-likeness (QED) is 0.895. The summed E-state index contributed by atoms with van der Waals surface area (Å²) in [4.78, 5) is 12.5. The van der Waals surface area contributed by atoms with E-state index in [0.717, 1.165) is 46.8 Å². The van der Waals surface area contributed by atoms with Crippen molar-refractivity contribution in [2.24, 2.45) is 0 Å². The van der Waals surface area contributed by atoms with E-state index in [0.29, 0.717) is 6.61 Å². The molecule has 2 aromatic carbocycles. The molecular weight excluding hydrogens is 276 g/mol. The fourth-order valence-corrected chi connectivity index (χ4v) is 2.76. The van der Waals surface area contributed by atoms with E-state index in [1.54, 1.807) is 0 Å². The van der Waals surface area contributed by atoms with Gasteiger partial charge in [0.2, 0.25) is 0 Å². The molecule has 1 amide bonds. The van der Waals surface area contributed by atoms with Crippen LogP contribution in [0.1, 0.15) is 27.0 Å². The minimum absolute atomic E-state index is 0.0713. The zero-order valence-electron chi connectivity index (χ0n) is 12.9. The lowest BCUT2D eigenvalue weighted by Gasteiger charge is -2.12. The highest BCUT2D eigenvalue weighted by Gasteiger charge is 2.14. The van der Waals surface area contributed by atoms with Crippen LogP contribution in [0.25, 0.3) is 0 Å². The van der Waals surface area contributed by atoms with Gasteiger partial charge >= 0.3 is 0 Å². The van der Waals surface area contributed by atoms with E-state index in [1.807, 2.05) is 50.2 Å². The molecular formula is C18H20N2O2. The van der Waals surface area contributed by atoms with Crippen molar-refractivity contribution in [3.63, 3.8) is 0 Å². The number of ether oxygens (including phenoxy) is 1. The Labute approximate surface area is 130 Å². The molecule has 4 nitrogen and oxygen atoms in total. The molecule has 0 aliphatic carbocycles. The molecule has 0 spiro atoms. The average Bonchev–Trinajstić information content (AvgIpc) is 2.72. The smallest absolute Gasteiger partial charge is 0.256 e. The SMILES string of the molecule is Cc1cccc(C)c1C(=O)Nc1ccc2c(c1)CNCCO2. The van der Waals surface area contributed by atoms with Gasteiger partial charge in [0.15, 0.2) is 0 Å². The third-order valence-electron chi connectivity index (χ3n) is 3.88. The van der Waals surface area contributed by atoms with Crippen LogP contribution in [0.3, 0.4) is 0 Å². The molecule has 1 aliphatic rings. The van der Waals surface area contributed by atoms with Gasteiger partial charge in [-0.1, -0.05) is 18.2 Å². The van der Waals surface area contributed by atoms with E-state index in [2.05, 4.69) is 10.6 Å². The normalized spacial score (nSPS) is 13.7. The highest BCUT2D eigenvalue weighted by atomic mass is 16.5. The van der Waals surface area contributed by atoms with Crippen LogP contribution in [0.4, 0.5) is 5.69 Å². The lowest BCUT2D eigenvalue weighted by molar-refractivity contribution is 0.102. The molecule has 0 unspecified atom stereocenters. The predicted molar refractivity (Wildman–Crippen MR) is 87.5 cm³/mol. The Bertz CT molecular complexity index is 690. The Balaban J connectivity index is 1.84. The van der Waals surface area contributed by atoms with Gasteiger partial charge in [-0.05, 0) is 43.2 Å². The summed E-state index contributed by atoms with van der Waals surface area (Å²) in [7, 11) is 0. The molecule has 114 valence electrons. The van der Waals surface area contributed by atoms with Gasteiger partial charge < -0.3 is 15.4 Å². The van der Waals surface area contributed by atoms with Crippen molar-refractivity contribution < 1.29 is 9.53 Å². The highest BCUT2D eigenvalue weighted by molar-refractivity contribution is 6.06. The summed E-state index contributed by atoms with van der Waals surface area (Å²) in [5, 5.41) is 6.28. The van der Waals surface area contributed by atoms with Gasteiger partial charge in [-0.25, -0.2) is 0 Å². The van der Waals surface area contributed by atoms with Crippen LogP contribution in [0.15, 0.2) is 36.4 Å². The number of amides is 1. The van der Waals surface area contributed by atoms with Crippen molar-refractivity contribution in [1.29, 1.82) is 0 Å². The van der Waals surface area contributed by atoms with Gasteiger partial charge in [0.25, 0.3) is 5.91 Å². The number of carbonyl (C=O) groups excluding carboxylic acids is 1. The van der Waals surface area contributed by atoms with Gasteiger partial charge in [0, 0.05) is 29.9 Å². The van der Waals surface area contributed by atoms with Crippen molar-refractivity contribution in [2.45, 2.75) is 20.4 Å². The van der Waals surface area contributed by atoms with Crippen LogP contribution in [-0.2, 0) is 6.54 Å². The first-order chi connectivity index (χ1) is 10.6. The molecule has 0 aromatic heterocycles. The van der Waals surface area contributed by atoms with Crippen LogP contribution >= 0.6 is 0 Å². The molecule has 3 rings (SSSR count). The second kappa shape index (κ2) is 6.20. The molecule has 0 radical (unpaired) electrons. The summed E-state index contributed by atoms with van der Waals surface area (Å²) < 4.78 is 5.66. The van der Waals surface area contributed by atoms with Crippen LogP contribution in [0.5, 0.6) is 5.75 Å². The van der Waals surface area contributed by atoms with Gasteiger partial charge in [0.1, 0.15) is 12.4 Å². The molecule has 2 aromatic rings. The van der Waals surface area contributed by atoms with E-state index >= 15 is 0 Å². The maximum absolute atomic E-state index is 12.5. The number of nitrogens with one attached hydrogen (secondary N) is 2. The second-order valence-corrected chi connectivity index (χ2v) is 5.57. The van der Waals surface area contributed by atoms with Crippen LogP contribution in [0, 0.1) is 13.8 Å². The Morgan fingerprint density at radius 1 is 1.18 bits per heavy atom. The van der Waals surface area contributed by atoms with E-state index in [4.69, 9.17) is 4.74 Å². The Kier molecular flexibility index (Phi) is 4.11. The first kappa shape index (κ1) is 14.6. The average molecular weight is 296 g/mol. The van der Waals surface area contributed by atoms with E-state index in [9.17, 15) is 4.79 Å². The third-order valence-corrected chi connectivity index (χ3v) is 3.88. The third kappa shape index (κ3) is 2.97. The molecule has 0 saturated heterocycles. The summed E-state index contributed by atoms with van der Waals surface area (Å²) in [6.45, 7) is 6.16. The number of anilines is 1. The summed E-state index contributed by atoms with van der Waals surface area (Å²) in [6, 6.07) is 11.7. The fraction of sp³-hybridized carbons (Fsp3) is 0.278. The van der Waals surface area contributed by atoms with Crippen molar-refractivity contribution in [1.82, 2.24) is 5.32 Å². The molecule has 1 aliphatic heterocycles. The van der Waals surface area contributed by atoms with Gasteiger partial charge in [-0.2, -0.15) is 0 Å². The molecule has 1 heterocycles. The molecule has 0 saturated carbocycles. The second-order valence-electron chi connectivity index (χ2n) is 5.57. The zero-order chi connectivity index (χ0) is 15.5. The van der Waals surface area contributed by atoms with E-state index in [1.165, 1.54) is 0 Å². The largest absolute Gasteiger partial charge is 0.492 e. The van der Waals surface area contributed by atoms with Crippen molar-refractivity contribution >= 4 is 11.6 Å². The molecule has 22 heavy (non-hydrogen) atoms. The summed E-state index contributed by atoms with van der Waals surface area (Å²) >= 11 is 0. The molecule has 0 bridgehead atoms. The monoisotopic (exact) mass is 296 g/mol. The lowest BCUT2D eigenvalue weighted by Crippen LogP contribution is -2.16. The van der Waals surface area contributed by atoms with Gasteiger partial charge in [-0.3, -0.25) is 4.79 Å². The first-order valence-corrected chi connectivity index (χ1v) is 7.49. The molecule has 2 N–H and O–H groups in total. The number of fused-ring (bicyclic) bond motifs is 1. The van der Waals surface area contributed by atoms with Crippen molar-refractivity contribution in [2.75, 3.05) is 18.5 Å². The molecule has 4 heteroatoms. The fourth-order valence-electron chi connectivity index (χ4n) is 2.76. The maximum Gasteiger partial charge on any atom is 0.256 e. The topological polar surface area (TPSA) is 50.4 Å². The lowest BCUT2D eigenvalue weighted by atomic mass is 10.0. The Morgan fingerprint density at radius 3 is 2.73 bits per heavy atom. The number of aryl methyl sites for hydroxylation is 2. The number of benzene rings is 2. The maximum atomic E-state index is 12.5. The minimum Gasteiger partial charge on any atom is -0.492 e. The number of hydrogen-bond donors (Lipinski definition) is 2. The van der Waals surface area contributed by atoms with Crippen LogP contribution < -0.4 is 15.4 Å². The number of hydrogen-bond acceptors (Lipinski definition) is 3. The van der Waals surface area contributed by atoms with Crippen LogP contribution in [-0.4, -0.2) is 19.1 Å². The van der Waals surface area contributed by atoms with Crippen LogP contribution in [0.2, 0.25) is 0 Å².